The van der Waals surface area contributed by atoms with Crippen LogP contribution in [-0.2, 0) is 20.9 Å². The average molecular weight is 332 g/mol. The summed E-state index contributed by atoms with van der Waals surface area (Å²) in [4.78, 5) is 23.5. The van der Waals surface area contributed by atoms with Crippen molar-refractivity contribution in [1.82, 2.24) is 20.4 Å². The molecule has 1 saturated heterocycles. The number of nitrogens with one attached hydrogen (secondary N) is 3. The maximum absolute atomic E-state index is 11.9. The van der Waals surface area contributed by atoms with Gasteiger partial charge in [0.2, 0.25) is 11.8 Å². The quantitative estimate of drug-likeness (QED) is 0.599. The van der Waals surface area contributed by atoms with Crippen molar-refractivity contribution < 1.29 is 14.3 Å². The summed E-state index contributed by atoms with van der Waals surface area (Å²) < 4.78 is 6.33. The molecule has 124 valence electrons. The van der Waals surface area contributed by atoms with E-state index in [9.17, 15) is 9.59 Å². The first-order valence-electron chi connectivity index (χ1n) is 7.01. The highest BCUT2D eigenvalue weighted by Gasteiger charge is 2.22. The molecule has 0 bridgehead atoms. The molecule has 0 aliphatic carbocycles. The van der Waals surface area contributed by atoms with Gasteiger partial charge in [-0.25, -0.2) is 0 Å². The standard InChI is InChI=1S/C13H21N5O3.ClH/c1-21-6-5-15-12(19)9-18-8-10(7-16-18)17-13(20)11-3-2-4-14-11;/h7-8,11,14H,2-6,9H2,1H3,(H,15,19)(H,17,20);1H. The highest BCUT2D eigenvalue weighted by molar-refractivity contribution is 5.94. The second kappa shape index (κ2) is 9.39. The van der Waals surface area contributed by atoms with Crippen LogP contribution < -0.4 is 16.0 Å². The summed E-state index contributed by atoms with van der Waals surface area (Å²) in [5.74, 6) is -0.206. The lowest BCUT2D eigenvalue weighted by Gasteiger charge is -2.09. The van der Waals surface area contributed by atoms with Crippen LogP contribution in [0.1, 0.15) is 12.8 Å². The monoisotopic (exact) mass is 331 g/mol. The first-order valence-corrected chi connectivity index (χ1v) is 7.01. The molecule has 1 aromatic heterocycles. The fraction of sp³-hybridized carbons (Fsp3) is 0.615. The van der Waals surface area contributed by atoms with Crippen LogP contribution in [0.15, 0.2) is 12.4 Å². The first-order chi connectivity index (χ1) is 10.2. The highest BCUT2D eigenvalue weighted by Crippen LogP contribution is 2.10. The van der Waals surface area contributed by atoms with Gasteiger partial charge in [-0.1, -0.05) is 0 Å². The minimum Gasteiger partial charge on any atom is -0.383 e. The van der Waals surface area contributed by atoms with Crippen molar-refractivity contribution in [3.05, 3.63) is 12.4 Å². The van der Waals surface area contributed by atoms with Crippen molar-refractivity contribution in [2.75, 3.05) is 32.1 Å². The van der Waals surface area contributed by atoms with Crippen LogP contribution in [0.3, 0.4) is 0 Å². The molecule has 0 saturated carbocycles. The molecule has 1 fully saturated rings. The number of amides is 2. The number of ether oxygens (including phenoxy) is 1. The molecule has 9 heteroatoms. The molecule has 22 heavy (non-hydrogen) atoms. The summed E-state index contributed by atoms with van der Waals surface area (Å²) in [6.07, 6.45) is 5.04. The molecule has 0 aromatic carbocycles. The normalized spacial score (nSPS) is 16.9. The van der Waals surface area contributed by atoms with E-state index in [1.165, 1.54) is 10.9 Å². The lowest BCUT2D eigenvalue weighted by atomic mass is 10.2. The van der Waals surface area contributed by atoms with Gasteiger partial charge in [0, 0.05) is 19.9 Å². The Labute approximate surface area is 135 Å². The molecule has 1 aliphatic rings. The van der Waals surface area contributed by atoms with Crippen LogP contribution in [-0.4, -0.2) is 54.4 Å². The number of carbonyl (C=O) groups is 2. The van der Waals surface area contributed by atoms with Gasteiger partial charge in [0.1, 0.15) is 6.54 Å². The van der Waals surface area contributed by atoms with Crippen molar-refractivity contribution in [2.45, 2.75) is 25.4 Å². The minimum absolute atomic E-state index is 0. The number of carbonyl (C=O) groups excluding carboxylic acids is 2. The zero-order valence-electron chi connectivity index (χ0n) is 12.5. The fourth-order valence-electron chi connectivity index (χ4n) is 2.15. The summed E-state index contributed by atoms with van der Waals surface area (Å²) in [5, 5.41) is 12.7. The summed E-state index contributed by atoms with van der Waals surface area (Å²) in [5.41, 5.74) is 0.596. The molecule has 2 heterocycles. The number of nitrogens with zero attached hydrogens (tertiary/aromatic N) is 2. The van der Waals surface area contributed by atoms with Crippen molar-refractivity contribution in [3.8, 4) is 0 Å². The summed E-state index contributed by atoms with van der Waals surface area (Å²) >= 11 is 0. The third-order valence-corrected chi connectivity index (χ3v) is 3.21. The zero-order chi connectivity index (χ0) is 15.1. The fourth-order valence-corrected chi connectivity index (χ4v) is 2.15. The summed E-state index contributed by atoms with van der Waals surface area (Å²) in [7, 11) is 1.58. The Bertz CT molecular complexity index is 488. The van der Waals surface area contributed by atoms with E-state index in [1.54, 1.807) is 13.3 Å². The van der Waals surface area contributed by atoms with Gasteiger partial charge >= 0.3 is 0 Å². The Morgan fingerprint density at radius 1 is 1.55 bits per heavy atom. The number of hydrogen-bond donors (Lipinski definition) is 3. The van der Waals surface area contributed by atoms with Crippen LogP contribution in [0.4, 0.5) is 5.69 Å². The molecular weight excluding hydrogens is 310 g/mol. The summed E-state index contributed by atoms with van der Waals surface area (Å²) in [6.45, 7) is 1.92. The largest absolute Gasteiger partial charge is 0.383 e. The third kappa shape index (κ3) is 5.63. The van der Waals surface area contributed by atoms with Gasteiger partial charge in [-0.3, -0.25) is 14.3 Å². The van der Waals surface area contributed by atoms with Gasteiger partial charge in [-0.2, -0.15) is 5.10 Å². The molecule has 1 aliphatic heterocycles. The number of rotatable bonds is 7. The van der Waals surface area contributed by atoms with Crippen molar-refractivity contribution in [2.24, 2.45) is 0 Å². The van der Waals surface area contributed by atoms with Crippen LogP contribution in [0.25, 0.3) is 0 Å². The SMILES string of the molecule is COCCNC(=O)Cn1cc(NC(=O)C2CCCN2)cn1.Cl. The maximum atomic E-state index is 11.9. The Hall–Kier alpha value is -1.64. The van der Waals surface area contributed by atoms with Gasteiger partial charge in [0.15, 0.2) is 0 Å². The van der Waals surface area contributed by atoms with Gasteiger partial charge in [-0.15, -0.1) is 12.4 Å². The lowest BCUT2D eigenvalue weighted by Crippen LogP contribution is -2.35. The minimum atomic E-state index is -0.148. The zero-order valence-corrected chi connectivity index (χ0v) is 13.3. The van der Waals surface area contributed by atoms with E-state index in [0.29, 0.717) is 18.8 Å². The second-order valence-corrected chi connectivity index (χ2v) is 4.91. The van der Waals surface area contributed by atoms with Crippen LogP contribution in [0.2, 0.25) is 0 Å². The number of halogens is 1. The second-order valence-electron chi connectivity index (χ2n) is 4.91. The van der Waals surface area contributed by atoms with Crippen molar-refractivity contribution in [1.29, 1.82) is 0 Å². The van der Waals surface area contributed by atoms with Gasteiger partial charge in [-0.05, 0) is 19.4 Å². The predicted molar refractivity (Wildman–Crippen MR) is 84.0 cm³/mol. The Balaban J connectivity index is 0.00000242. The van der Waals surface area contributed by atoms with E-state index in [0.717, 1.165) is 19.4 Å². The van der Waals surface area contributed by atoms with E-state index in [4.69, 9.17) is 4.74 Å². The average Bonchev–Trinajstić information content (AvgIpc) is 3.10. The van der Waals surface area contributed by atoms with Crippen LogP contribution in [0, 0.1) is 0 Å². The molecule has 0 spiro atoms. The van der Waals surface area contributed by atoms with Crippen molar-refractivity contribution in [3.63, 3.8) is 0 Å². The molecule has 2 rings (SSSR count). The van der Waals surface area contributed by atoms with Crippen LogP contribution >= 0.6 is 12.4 Å². The molecule has 2 amide bonds. The van der Waals surface area contributed by atoms with E-state index in [2.05, 4.69) is 21.0 Å². The first kappa shape index (κ1) is 18.4. The Morgan fingerprint density at radius 3 is 3.05 bits per heavy atom. The molecule has 1 aromatic rings. The van der Waals surface area contributed by atoms with E-state index < -0.39 is 0 Å². The van der Waals surface area contributed by atoms with Gasteiger partial charge < -0.3 is 20.7 Å². The smallest absolute Gasteiger partial charge is 0.241 e. The topological polar surface area (TPSA) is 97.3 Å². The molecule has 8 nitrogen and oxygen atoms in total. The number of aromatic nitrogens is 2. The highest BCUT2D eigenvalue weighted by atomic mass is 35.5. The predicted octanol–water partition coefficient (Wildman–Crippen LogP) is -0.242. The summed E-state index contributed by atoms with van der Waals surface area (Å²) in [6, 6.07) is -0.134. The van der Waals surface area contributed by atoms with E-state index in [-0.39, 0.29) is 36.8 Å². The van der Waals surface area contributed by atoms with E-state index in [1.807, 2.05) is 0 Å². The molecule has 1 atom stereocenters. The Kier molecular flexibility index (Phi) is 7.86. The maximum Gasteiger partial charge on any atom is 0.241 e. The Morgan fingerprint density at radius 2 is 2.36 bits per heavy atom. The van der Waals surface area contributed by atoms with Crippen molar-refractivity contribution >= 4 is 29.9 Å². The van der Waals surface area contributed by atoms with Gasteiger partial charge in [0.05, 0.1) is 24.5 Å². The third-order valence-electron chi connectivity index (χ3n) is 3.21. The van der Waals surface area contributed by atoms with Crippen LogP contribution in [0.5, 0.6) is 0 Å². The van der Waals surface area contributed by atoms with Gasteiger partial charge in [0.25, 0.3) is 0 Å². The lowest BCUT2D eigenvalue weighted by molar-refractivity contribution is -0.122. The molecule has 0 radical (unpaired) electrons. The number of methoxy groups -OCH3 is 1. The molecular formula is C13H22ClN5O3. The number of anilines is 1. The molecule has 1 unspecified atom stereocenters. The molecule has 3 N–H and O–H groups in total. The van der Waals surface area contributed by atoms with E-state index >= 15 is 0 Å². The number of hydrogen-bond acceptors (Lipinski definition) is 5.